The van der Waals surface area contributed by atoms with Crippen molar-refractivity contribution >= 4 is 38.9 Å². The average molecular weight is 905 g/mol. The maximum atomic E-state index is 2.67. The Hall–Kier alpha value is -8.98. The fraction of sp³-hybridized carbons (Fsp3) is 0.0435. The second-order valence-corrected chi connectivity index (χ2v) is 19.2. The van der Waals surface area contributed by atoms with Gasteiger partial charge in [-0.1, -0.05) is 231 Å². The Kier molecular flexibility index (Phi) is 9.44. The van der Waals surface area contributed by atoms with Crippen LogP contribution in [0.1, 0.15) is 44.5 Å². The summed E-state index contributed by atoms with van der Waals surface area (Å²) in [5.41, 5.74) is 20.4. The molecular weight excluding hydrogens is 857 g/mol. The van der Waals surface area contributed by atoms with E-state index in [2.05, 4.69) is 289 Å². The van der Waals surface area contributed by atoms with Crippen LogP contribution in [-0.4, -0.2) is 4.57 Å². The molecule has 0 saturated heterocycles. The fourth-order valence-corrected chi connectivity index (χ4v) is 12.6. The number of benzene rings is 11. The molecule has 2 aliphatic rings. The first-order valence-electron chi connectivity index (χ1n) is 24.8. The Balaban J connectivity index is 1.27. The number of aromatic nitrogens is 1. The zero-order chi connectivity index (χ0) is 46.9. The van der Waals surface area contributed by atoms with Crippen LogP contribution in [0.3, 0.4) is 0 Å². The highest BCUT2D eigenvalue weighted by Gasteiger charge is 2.55. The highest BCUT2D eigenvalue weighted by molar-refractivity contribution is 6.15. The molecule has 2 heteroatoms. The van der Waals surface area contributed by atoms with Crippen LogP contribution in [0, 0.1) is 0 Å². The molecule has 12 aromatic rings. The van der Waals surface area contributed by atoms with Crippen molar-refractivity contribution < 1.29 is 0 Å². The summed E-state index contributed by atoms with van der Waals surface area (Å²) in [6, 6.07) is 104. The molecule has 0 saturated carbocycles. The molecule has 334 valence electrons. The van der Waals surface area contributed by atoms with Crippen molar-refractivity contribution in [1.82, 2.24) is 4.57 Å². The van der Waals surface area contributed by atoms with Gasteiger partial charge in [-0.25, -0.2) is 0 Å². The van der Waals surface area contributed by atoms with Crippen molar-refractivity contribution in [3.05, 3.63) is 324 Å². The number of hydrogen-bond acceptors (Lipinski definition) is 1. The molecule has 0 bridgehead atoms. The molecule has 71 heavy (non-hydrogen) atoms. The Labute approximate surface area is 415 Å². The Morgan fingerprint density at radius 3 is 1.38 bits per heavy atom. The molecule has 14 rings (SSSR count). The minimum atomic E-state index is -0.760. The van der Waals surface area contributed by atoms with Crippen LogP contribution < -0.4 is 4.90 Å². The van der Waals surface area contributed by atoms with E-state index in [0.717, 1.165) is 12.1 Å². The summed E-state index contributed by atoms with van der Waals surface area (Å²) < 4.78 is 2.58. The summed E-state index contributed by atoms with van der Waals surface area (Å²) in [6.45, 7) is 0. The van der Waals surface area contributed by atoms with E-state index in [4.69, 9.17) is 0 Å². The molecule has 0 aliphatic carbocycles. The van der Waals surface area contributed by atoms with Crippen molar-refractivity contribution in [2.75, 3.05) is 4.90 Å². The monoisotopic (exact) mass is 904 g/mol. The van der Waals surface area contributed by atoms with E-state index >= 15 is 0 Å². The van der Waals surface area contributed by atoms with Crippen LogP contribution in [0.5, 0.6) is 0 Å². The maximum absolute atomic E-state index is 2.67. The number of hydrogen-bond donors (Lipinski definition) is 0. The van der Waals surface area contributed by atoms with Gasteiger partial charge in [-0.3, -0.25) is 0 Å². The van der Waals surface area contributed by atoms with Crippen LogP contribution in [0.15, 0.2) is 279 Å². The first kappa shape index (κ1) is 41.0. The molecule has 2 aliphatic heterocycles. The highest BCUT2D eigenvalue weighted by atomic mass is 15.2. The van der Waals surface area contributed by atoms with Gasteiger partial charge in [-0.2, -0.15) is 0 Å². The number of fused-ring (bicyclic) bond motifs is 8. The lowest BCUT2D eigenvalue weighted by Crippen LogP contribution is -2.45. The molecule has 0 amide bonds. The Bertz CT molecular complexity index is 3880. The van der Waals surface area contributed by atoms with E-state index < -0.39 is 10.8 Å². The minimum absolute atomic E-state index is 0.718. The van der Waals surface area contributed by atoms with Crippen molar-refractivity contribution in [3.63, 3.8) is 0 Å². The Morgan fingerprint density at radius 1 is 0.338 bits per heavy atom. The van der Waals surface area contributed by atoms with Crippen LogP contribution in [0.25, 0.3) is 49.7 Å². The van der Waals surface area contributed by atoms with Gasteiger partial charge in [-0.05, 0) is 116 Å². The van der Waals surface area contributed by atoms with Crippen molar-refractivity contribution in [2.45, 2.75) is 17.3 Å². The quantitative estimate of drug-likeness (QED) is 0.147. The van der Waals surface area contributed by atoms with Gasteiger partial charge in [0.2, 0.25) is 0 Å². The first-order chi connectivity index (χ1) is 35.2. The van der Waals surface area contributed by atoms with E-state index in [1.807, 2.05) is 0 Å². The molecule has 3 heterocycles. The zero-order valence-electron chi connectivity index (χ0n) is 39.2. The smallest absolute Gasteiger partial charge is 0.0742 e. The number of anilines is 3. The molecule has 1 unspecified atom stereocenters. The molecule has 0 fully saturated rings. The van der Waals surface area contributed by atoms with Crippen LogP contribution in [0.4, 0.5) is 17.1 Å². The zero-order valence-corrected chi connectivity index (χ0v) is 39.2. The second-order valence-electron chi connectivity index (χ2n) is 19.2. The van der Waals surface area contributed by atoms with E-state index in [9.17, 15) is 0 Å². The fourth-order valence-electron chi connectivity index (χ4n) is 12.6. The molecule has 1 aromatic heterocycles. The summed E-state index contributed by atoms with van der Waals surface area (Å²) >= 11 is 0. The standard InChI is InChI=1S/C69H48N2/c1-8-24-48(25-9-1)47-68(53-30-14-4-15-31-53)59-44-51(49-26-10-2-11-27-49)40-42-63(59)71-64-43-41-52(50-28-12-3-13-29-50)45-60(64)69(54-32-16-5-17-33-54,55-34-18-6-19-35-55)61-46-58-57-38-22-23-39-62(57)70(56-36-20-7-21-37-56)66(58)65(68)67(61)71/h1-46H,47H2. The number of rotatable bonds is 8. The molecule has 1 atom stereocenters. The second kappa shape index (κ2) is 16.3. The van der Waals surface area contributed by atoms with Gasteiger partial charge >= 0.3 is 0 Å². The van der Waals surface area contributed by atoms with Gasteiger partial charge in [0.1, 0.15) is 0 Å². The summed E-state index contributed by atoms with van der Waals surface area (Å²) in [7, 11) is 0. The maximum Gasteiger partial charge on any atom is 0.0742 e. The normalized spacial score (nSPS) is 15.2. The topological polar surface area (TPSA) is 8.17 Å². The average Bonchev–Trinajstić information content (AvgIpc) is 3.79. The summed E-state index contributed by atoms with van der Waals surface area (Å²) in [4.78, 5) is 2.67. The SMILES string of the molecule is c1ccc(CC2(c3ccccc3)c3cc(-c4ccccc4)ccc3N3c4ccc(-c5ccccc5)cc4C(c4ccccc4)(c4ccccc4)c4cc5c6ccccc6n(-c6ccccc6)c5c2c43)cc1. The summed E-state index contributed by atoms with van der Waals surface area (Å²) in [5.74, 6) is 0. The molecule has 0 radical (unpaired) electrons. The van der Waals surface area contributed by atoms with Crippen molar-refractivity contribution in [2.24, 2.45) is 0 Å². The van der Waals surface area contributed by atoms with Crippen LogP contribution >= 0.6 is 0 Å². The summed E-state index contributed by atoms with van der Waals surface area (Å²) in [5, 5.41) is 2.45. The van der Waals surface area contributed by atoms with Gasteiger partial charge in [-0.15, -0.1) is 0 Å². The highest BCUT2D eigenvalue weighted by Crippen LogP contribution is 2.67. The van der Waals surface area contributed by atoms with Gasteiger partial charge < -0.3 is 9.47 Å². The molecule has 0 N–H and O–H groups in total. The van der Waals surface area contributed by atoms with Crippen molar-refractivity contribution in [3.8, 4) is 27.9 Å². The summed E-state index contributed by atoms with van der Waals surface area (Å²) in [6.07, 6.45) is 0.724. The Morgan fingerprint density at radius 2 is 0.803 bits per heavy atom. The third kappa shape index (κ3) is 6.08. The predicted octanol–water partition coefficient (Wildman–Crippen LogP) is 17.2. The van der Waals surface area contributed by atoms with Gasteiger partial charge in [0.25, 0.3) is 0 Å². The van der Waals surface area contributed by atoms with Gasteiger partial charge in [0, 0.05) is 22.0 Å². The minimum Gasteiger partial charge on any atom is -0.309 e. The number of para-hydroxylation sites is 2. The van der Waals surface area contributed by atoms with E-state index in [1.165, 1.54) is 106 Å². The van der Waals surface area contributed by atoms with Crippen LogP contribution in [0.2, 0.25) is 0 Å². The van der Waals surface area contributed by atoms with Crippen LogP contribution in [-0.2, 0) is 17.3 Å². The first-order valence-corrected chi connectivity index (χ1v) is 24.8. The van der Waals surface area contributed by atoms with Gasteiger partial charge in [0.15, 0.2) is 0 Å². The molecular formula is C69H48N2. The largest absolute Gasteiger partial charge is 0.309 e. The van der Waals surface area contributed by atoms with E-state index in [0.29, 0.717) is 0 Å². The third-order valence-corrected chi connectivity index (χ3v) is 15.5. The van der Waals surface area contributed by atoms with Crippen molar-refractivity contribution in [1.29, 1.82) is 0 Å². The lowest BCUT2D eigenvalue weighted by atomic mass is 9.56. The molecule has 0 spiro atoms. The molecule has 11 aromatic carbocycles. The van der Waals surface area contributed by atoms with E-state index in [1.54, 1.807) is 0 Å². The lowest BCUT2D eigenvalue weighted by molar-refractivity contribution is 0.601. The predicted molar refractivity (Wildman–Crippen MR) is 295 cm³/mol. The number of nitrogens with zero attached hydrogens (tertiary/aromatic N) is 2. The van der Waals surface area contributed by atoms with E-state index in [-0.39, 0.29) is 0 Å². The molecule has 2 nitrogen and oxygen atoms in total. The third-order valence-electron chi connectivity index (χ3n) is 15.5. The van der Waals surface area contributed by atoms with Gasteiger partial charge in [0.05, 0.1) is 38.9 Å². The lowest BCUT2D eigenvalue weighted by Gasteiger charge is -2.53.